The molecule has 13 heteroatoms. The molecule has 27 heavy (non-hydrogen) atoms. The minimum Gasteiger partial charge on any atom is -0.478 e. The Morgan fingerprint density at radius 2 is 1.67 bits per heavy atom. The van der Waals surface area contributed by atoms with Crippen molar-refractivity contribution in [1.82, 2.24) is 9.13 Å². The zero-order valence-electron chi connectivity index (χ0n) is 12.9. The van der Waals surface area contributed by atoms with Crippen LogP contribution in [0.5, 0.6) is 0 Å². The van der Waals surface area contributed by atoms with Crippen LogP contribution >= 0.6 is 11.6 Å². The van der Waals surface area contributed by atoms with Crippen molar-refractivity contribution in [3.8, 4) is 5.69 Å². The van der Waals surface area contributed by atoms with E-state index in [1.54, 1.807) is 0 Å². The Labute approximate surface area is 149 Å². The molecule has 0 fully saturated rings. The largest absolute Gasteiger partial charge is 0.478 e. The fourth-order valence-electron chi connectivity index (χ4n) is 2.17. The van der Waals surface area contributed by atoms with Crippen LogP contribution in [0.15, 0.2) is 27.8 Å². The topological polar surface area (TPSA) is 81.3 Å². The molecule has 0 bridgehead atoms. The highest BCUT2D eigenvalue weighted by Crippen LogP contribution is 2.42. The van der Waals surface area contributed by atoms with Crippen LogP contribution in [-0.2, 0) is 13.0 Å². The molecule has 146 valence electrons. The predicted molar refractivity (Wildman–Crippen MR) is 79.2 cm³/mol. The van der Waals surface area contributed by atoms with Gasteiger partial charge in [-0.05, 0) is 12.1 Å². The first-order chi connectivity index (χ1) is 12.2. The van der Waals surface area contributed by atoms with Gasteiger partial charge in [-0.3, -0.25) is 9.36 Å². The van der Waals surface area contributed by atoms with Gasteiger partial charge in [0, 0.05) is 13.1 Å². The monoisotopic (exact) mass is 416 g/mol. The summed E-state index contributed by atoms with van der Waals surface area (Å²) in [4.78, 5) is 35.2. The van der Waals surface area contributed by atoms with E-state index in [4.69, 9.17) is 16.7 Å². The first kappa shape index (κ1) is 20.6. The third-order valence-corrected chi connectivity index (χ3v) is 3.82. The van der Waals surface area contributed by atoms with Gasteiger partial charge in [0.05, 0.1) is 16.3 Å². The number of nitrogens with zero attached hydrogens (tertiary/aromatic N) is 2. The van der Waals surface area contributed by atoms with E-state index < -0.39 is 57.1 Å². The van der Waals surface area contributed by atoms with E-state index >= 15 is 0 Å². The van der Waals surface area contributed by atoms with Gasteiger partial charge in [-0.1, -0.05) is 11.6 Å². The molecule has 1 aromatic carbocycles. The summed E-state index contributed by atoms with van der Waals surface area (Å²) >= 11 is 5.51. The van der Waals surface area contributed by atoms with Crippen molar-refractivity contribution in [2.75, 3.05) is 0 Å². The number of rotatable bonds is 3. The van der Waals surface area contributed by atoms with Crippen molar-refractivity contribution < 1.29 is 36.2 Å². The number of carbonyl (C=O) groups is 1. The lowest BCUT2D eigenvalue weighted by Gasteiger charge is -2.22. The number of aromatic carboxylic acids is 1. The average molecular weight is 417 g/mol. The van der Waals surface area contributed by atoms with E-state index in [0.717, 1.165) is 0 Å². The number of halogens is 7. The Balaban J connectivity index is 2.86. The number of carboxylic acids is 1. The Kier molecular flexibility index (Phi) is 4.90. The molecule has 2 rings (SSSR count). The molecule has 6 nitrogen and oxygen atoms in total. The molecule has 2 aromatic rings. The van der Waals surface area contributed by atoms with Crippen LogP contribution in [0.4, 0.5) is 26.3 Å². The molecule has 0 aliphatic heterocycles. The lowest BCUT2D eigenvalue weighted by Crippen LogP contribution is -2.45. The first-order valence-electron chi connectivity index (χ1n) is 6.71. The number of aromatic nitrogens is 2. The molecule has 1 N–H and O–H groups in total. The van der Waals surface area contributed by atoms with Crippen LogP contribution in [0.1, 0.15) is 16.1 Å². The SMILES string of the molecule is Cn1c(C(F)(F)C(F)(F)F)cc(=O)n(-c2cc(C(=O)O)c(Cl)cc2F)c1=O. The summed E-state index contributed by atoms with van der Waals surface area (Å²) in [6.07, 6.45) is -6.10. The second kappa shape index (κ2) is 6.44. The average Bonchev–Trinajstić information content (AvgIpc) is 2.51. The maximum Gasteiger partial charge on any atom is 0.459 e. The Bertz CT molecular complexity index is 1060. The van der Waals surface area contributed by atoms with Crippen molar-refractivity contribution >= 4 is 17.6 Å². The highest BCUT2D eigenvalue weighted by molar-refractivity contribution is 6.33. The lowest BCUT2D eigenvalue weighted by atomic mass is 10.1. The van der Waals surface area contributed by atoms with Crippen LogP contribution in [0.2, 0.25) is 5.02 Å². The predicted octanol–water partition coefficient (Wildman–Crippen LogP) is 2.68. The summed E-state index contributed by atoms with van der Waals surface area (Å²) in [7, 11) is 0.513. The van der Waals surface area contributed by atoms with Crippen LogP contribution in [0, 0.1) is 5.82 Å². The number of alkyl halides is 5. The zero-order chi connectivity index (χ0) is 20.9. The summed E-state index contributed by atoms with van der Waals surface area (Å²) in [5.41, 5.74) is -7.15. The van der Waals surface area contributed by atoms with E-state index in [2.05, 4.69) is 0 Å². The molecule has 0 spiro atoms. The molecular formula is C14H7ClF6N2O4. The van der Waals surface area contributed by atoms with Crippen molar-refractivity contribution in [3.05, 3.63) is 61.1 Å². The van der Waals surface area contributed by atoms with Crippen LogP contribution in [0.3, 0.4) is 0 Å². The Morgan fingerprint density at radius 3 is 2.15 bits per heavy atom. The molecule has 0 aliphatic rings. The van der Waals surface area contributed by atoms with Gasteiger partial charge < -0.3 is 5.11 Å². The van der Waals surface area contributed by atoms with Crippen molar-refractivity contribution in [3.63, 3.8) is 0 Å². The van der Waals surface area contributed by atoms with Gasteiger partial charge in [-0.25, -0.2) is 18.5 Å². The molecule has 0 amide bonds. The molecule has 0 saturated carbocycles. The summed E-state index contributed by atoms with van der Waals surface area (Å²) < 4.78 is 78.4. The third kappa shape index (κ3) is 3.31. The van der Waals surface area contributed by atoms with E-state index in [1.165, 1.54) is 0 Å². The van der Waals surface area contributed by atoms with Crippen LogP contribution < -0.4 is 11.2 Å². The number of benzene rings is 1. The molecule has 0 saturated heterocycles. The molecular weight excluding hydrogens is 410 g/mol. The smallest absolute Gasteiger partial charge is 0.459 e. The summed E-state index contributed by atoms with van der Waals surface area (Å²) in [6, 6.07) is 0.734. The van der Waals surface area contributed by atoms with Gasteiger partial charge in [0.15, 0.2) is 0 Å². The third-order valence-electron chi connectivity index (χ3n) is 3.51. The molecule has 0 aliphatic carbocycles. The van der Waals surface area contributed by atoms with Crippen molar-refractivity contribution in [2.45, 2.75) is 12.1 Å². The number of hydrogen-bond donors (Lipinski definition) is 1. The van der Waals surface area contributed by atoms with Gasteiger partial charge in [0.25, 0.3) is 5.56 Å². The second-order valence-corrected chi connectivity index (χ2v) is 5.61. The quantitative estimate of drug-likeness (QED) is 0.780. The van der Waals surface area contributed by atoms with Crippen molar-refractivity contribution in [2.24, 2.45) is 7.05 Å². The van der Waals surface area contributed by atoms with E-state index in [0.29, 0.717) is 19.2 Å². The molecule has 1 heterocycles. The minimum absolute atomic E-state index is 0.0892. The summed E-state index contributed by atoms with van der Waals surface area (Å²) in [6.45, 7) is 0. The van der Waals surface area contributed by atoms with Gasteiger partial charge in [0.1, 0.15) is 11.5 Å². The lowest BCUT2D eigenvalue weighted by molar-refractivity contribution is -0.292. The van der Waals surface area contributed by atoms with Gasteiger partial charge in [-0.15, -0.1) is 0 Å². The maximum atomic E-state index is 14.1. The molecule has 0 radical (unpaired) electrons. The summed E-state index contributed by atoms with van der Waals surface area (Å²) in [5, 5.41) is 8.37. The summed E-state index contributed by atoms with van der Waals surface area (Å²) in [5.74, 6) is -8.57. The second-order valence-electron chi connectivity index (χ2n) is 5.21. The molecule has 0 atom stereocenters. The van der Waals surface area contributed by atoms with Crippen LogP contribution in [0.25, 0.3) is 5.69 Å². The normalized spacial score (nSPS) is 12.3. The highest BCUT2D eigenvalue weighted by Gasteiger charge is 2.60. The van der Waals surface area contributed by atoms with Gasteiger partial charge in [0.2, 0.25) is 0 Å². The highest BCUT2D eigenvalue weighted by atomic mass is 35.5. The van der Waals surface area contributed by atoms with E-state index in [9.17, 15) is 40.7 Å². The number of carboxylic acid groups (broad SMARTS) is 1. The molecule has 1 aromatic heterocycles. The number of hydrogen-bond acceptors (Lipinski definition) is 3. The molecule has 0 unspecified atom stereocenters. The van der Waals surface area contributed by atoms with Gasteiger partial charge >= 0.3 is 23.8 Å². The first-order valence-corrected chi connectivity index (χ1v) is 7.08. The fourth-order valence-corrected chi connectivity index (χ4v) is 2.40. The minimum atomic E-state index is -6.10. The van der Waals surface area contributed by atoms with Crippen molar-refractivity contribution in [1.29, 1.82) is 0 Å². The van der Waals surface area contributed by atoms with Crippen LogP contribution in [-0.4, -0.2) is 26.4 Å². The standard InChI is InChI=1S/C14H7ClF6N2O4/c1-22-9(13(17,18)14(19,20)21)4-10(24)23(12(22)27)8-2-5(11(25)26)6(15)3-7(8)16/h2-4H,1H3,(H,25,26). The zero-order valence-corrected chi connectivity index (χ0v) is 13.7. The van der Waals surface area contributed by atoms with E-state index in [-0.39, 0.29) is 15.2 Å². The van der Waals surface area contributed by atoms with E-state index in [1.807, 2.05) is 0 Å². The maximum absolute atomic E-state index is 14.1. The Hall–Kier alpha value is -2.76. The van der Waals surface area contributed by atoms with Gasteiger partial charge in [-0.2, -0.15) is 22.0 Å². The Morgan fingerprint density at radius 1 is 1.11 bits per heavy atom. The fraction of sp³-hybridized carbons (Fsp3) is 0.214.